The molecule has 4 aromatic rings. The standard InChI is InChI=1S/C24H25N5O3/c1-15-12-22-26-16(2)20(17(3)29(22)28-15)9-10-23(30)25-14-18-6-4-7-19(13-18)27-24(31)21-8-5-11-32-21/h4-8,11-13H,9-10,14H2,1-3H3,(H,25,30)(H,27,31). The molecule has 3 aromatic heterocycles. The maximum absolute atomic E-state index is 12.5. The van der Waals surface area contributed by atoms with Gasteiger partial charge < -0.3 is 15.1 Å². The molecule has 1 aromatic carbocycles. The summed E-state index contributed by atoms with van der Waals surface area (Å²) in [4.78, 5) is 29.2. The molecule has 0 fully saturated rings. The van der Waals surface area contributed by atoms with Gasteiger partial charge in [-0.15, -0.1) is 0 Å². The van der Waals surface area contributed by atoms with Gasteiger partial charge in [-0.3, -0.25) is 9.59 Å². The fourth-order valence-corrected chi connectivity index (χ4v) is 3.69. The zero-order chi connectivity index (χ0) is 22.7. The minimum atomic E-state index is -0.320. The van der Waals surface area contributed by atoms with Crippen LogP contribution in [0.3, 0.4) is 0 Å². The van der Waals surface area contributed by atoms with Crippen LogP contribution in [0.15, 0.2) is 53.1 Å². The SMILES string of the molecule is Cc1cc2nc(C)c(CCC(=O)NCc3cccc(NC(=O)c4ccco4)c3)c(C)n2n1. The molecule has 164 valence electrons. The Balaban J connectivity index is 1.34. The van der Waals surface area contributed by atoms with Crippen LogP contribution in [0.4, 0.5) is 5.69 Å². The van der Waals surface area contributed by atoms with Crippen molar-refractivity contribution in [3.05, 3.63) is 82.7 Å². The van der Waals surface area contributed by atoms with Crippen molar-refractivity contribution in [2.45, 2.75) is 40.2 Å². The number of furan rings is 1. The summed E-state index contributed by atoms with van der Waals surface area (Å²) < 4.78 is 6.93. The molecule has 0 aliphatic rings. The van der Waals surface area contributed by atoms with Crippen molar-refractivity contribution in [2.24, 2.45) is 0 Å². The van der Waals surface area contributed by atoms with Gasteiger partial charge in [0.25, 0.3) is 5.91 Å². The minimum Gasteiger partial charge on any atom is -0.459 e. The first-order valence-electron chi connectivity index (χ1n) is 10.4. The lowest BCUT2D eigenvalue weighted by Crippen LogP contribution is -2.23. The monoisotopic (exact) mass is 431 g/mol. The number of anilines is 1. The van der Waals surface area contributed by atoms with E-state index >= 15 is 0 Å². The topological polar surface area (TPSA) is 102 Å². The van der Waals surface area contributed by atoms with Gasteiger partial charge in [0, 0.05) is 36.1 Å². The van der Waals surface area contributed by atoms with E-state index in [1.165, 1.54) is 6.26 Å². The number of nitrogens with zero attached hydrogens (tertiary/aromatic N) is 3. The quantitative estimate of drug-likeness (QED) is 0.464. The number of benzene rings is 1. The number of hydrogen-bond donors (Lipinski definition) is 2. The average Bonchev–Trinajstić information content (AvgIpc) is 3.42. The Morgan fingerprint density at radius 2 is 1.94 bits per heavy atom. The van der Waals surface area contributed by atoms with Crippen molar-refractivity contribution in [2.75, 3.05) is 5.32 Å². The molecular weight excluding hydrogens is 406 g/mol. The van der Waals surface area contributed by atoms with Crippen LogP contribution < -0.4 is 10.6 Å². The Morgan fingerprint density at radius 3 is 2.72 bits per heavy atom. The molecule has 2 amide bonds. The third-order valence-corrected chi connectivity index (χ3v) is 5.31. The van der Waals surface area contributed by atoms with E-state index in [9.17, 15) is 9.59 Å². The molecular formula is C24H25N5O3. The van der Waals surface area contributed by atoms with Gasteiger partial charge in [-0.25, -0.2) is 9.50 Å². The number of nitrogens with one attached hydrogen (secondary N) is 2. The first-order valence-corrected chi connectivity index (χ1v) is 10.4. The Kier molecular flexibility index (Phi) is 6.02. The number of aryl methyl sites for hydroxylation is 3. The number of carbonyl (C=O) groups excluding carboxylic acids is 2. The van der Waals surface area contributed by atoms with Crippen LogP contribution in [-0.4, -0.2) is 26.4 Å². The third-order valence-electron chi connectivity index (χ3n) is 5.31. The highest BCUT2D eigenvalue weighted by molar-refractivity contribution is 6.02. The number of carbonyl (C=O) groups is 2. The van der Waals surface area contributed by atoms with Crippen LogP contribution in [0.25, 0.3) is 5.65 Å². The van der Waals surface area contributed by atoms with Crippen LogP contribution >= 0.6 is 0 Å². The lowest BCUT2D eigenvalue weighted by molar-refractivity contribution is -0.121. The van der Waals surface area contributed by atoms with E-state index in [-0.39, 0.29) is 17.6 Å². The molecule has 8 nitrogen and oxygen atoms in total. The fraction of sp³-hybridized carbons (Fsp3) is 0.250. The minimum absolute atomic E-state index is 0.0504. The van der Waals surface area contributed by atoms with Crippen molar-refractivity contribution in [3.63, 3.8) is 0 Å². The van der Waals surface area contributed by atoms with E-state index in [4.69, 9.17) is 4.42 Å². The summed E-state index contributed by atoms with van der Waals surface area (Å²) in [7, 11) is 0. The zero-order valence-corrected chi connectivity index (χ0v) is 18.3. The normalized spacial score (nSPS) is 11.0. The van der Waals surface area contributed by atoms with E-state index in [1.54, 1.807) is 18.2 Å². The summed E-state index contributed by atoms with van der Waals surface area (Å²) in [6.45, 7) is 6.28. The highest BCUT2D eigenvalue weighted by Crippen LogP contribution is 2.17. The first kappa shape index (κ1) is 21.3. The molecule has 0 saturated heterocycles. The Morgan fingerprint density at radius 1 is 1.09 bits per heavy atom. The lowest BCUT2D eigenvalue weighted by atomic mass is 10.1. The second-order valence-corrected chi connectivity index (χ2v) is 7.73. The fourth-order valence-electron chi connectivity index (χ4n) is 3.69. The number of hydrogen-bond acceptors (Lipinski definition) is 5. The van der Waals surface area contributed by atoms with Crippen LogP contribution in [-0.2, 0) is 17.8 Å². The van der Waals surface area contributed by atoms with Crippen molar-refractivity contribution in [1.82, 2.24) is 19.9 Å². The maximum Gasteiger partial charge on any atom is 0.291 e. The molecule has 0 unspecified atom stereocenters. The van der Waals surface area contributed by atoms with E-state index < -0.39 is 0 Å². The molecule has 0 atom stereocenters. The molecule has 0 radical (unpaired) electrons. The second kappa shape index (κ2) is 9.05. The van der Waals surface area contributed by atoms with Crippen LogP contribution in [0.1, 0.15) is 45.2 Å². The Bertz CT molecular complexity index is 1270. The van der Waals surface area contributed by atoms with Crippen LogP contribution in [0.5, 0.6) is 0 Å². The molecule has 3 heterocycles. The van der Waals surface area contributed by atoms with E-state index in [0.29, 0.717) is 25.1 Å². The third kappa shape index (κ3) is 4.69. The number of rotatable bonds is 7. The maximum atomic E-state index is 12.5. The van der Waals surface area contributed by atoms with Gasteiger partial charge in [0.05, 0.1) is 12.0 Å². The molecule has 0 aliphatic carbocycles. The number of fused-ring (bicyclic) bond motifs is 1. The molecule has 0 saturated carbocycles. The molecule has 0 spiro atoms. The van der Waals surface area contributed by atoms with Crippen molar-refractivity contribution >= 4 is 23.1 Å². The summed E-state index contributed by atoms with van der Waals surface area (Å²) >= 11 is 0. The van der Waals surface area contributed by atoms with Crippen molar-refractivity contribution in [3.8, 4) is 0 Å². The van der Waals surface area contributed by atoms with Gasteiger partial charge in [0.2, 0.25) is 5.91 Å². The number of aromatic nitrogens is 3. The summed E-state index contributed by atoms with van der Waals surface area (Å²) in [5, 5.41) is 10.2. The predicted octanol–water partition coefficient (Wildman–Crippen LogP) is 3.75. The molecule has 4 rings (SSSR count). The zero-order valence-electron chi connectivity index (χ0n) is 18.3. The van der Waals surface area contributed by atoms with Gasteiger partial charge in [0.15, 0.2) is 11.4 Å². The molecule has 32 heavy (non-hydrogen) atoms. The van der Waals surface area contributed by atoms with Gasteiger partial charge in [-0.2, -0.15) is 5.10 Å². The van der Waals surface area contributed by atoms with Gasteiger partial charge in [-0.05, 0) is 62.6 Å². The molecule has 0 aliphatic heterocycles. The summed E-state index contributed by atoms with van der Waals surface area (Å²) in [5.41, 5.74) is 6.23. The highest BCUT2D eigenvalue weighted by atomic mass is 16.3. The van der Waals surface area contributed by atoms with Gasteiger partial charge >= 0.3 is 0 Å². The lowest BCUT2D eigenvalue weighted by Gasteiger charge is -2.11. The highest BCUT2D eigenvalue weighted by Gasteiger charge is 2.13. The smallest absolute Gasteiger partial charge is 0.291 e. The summed E-state index contributed by atoms with van der Waals surface area (Å²) in [6.07, 6.45) is 2.39. The molecule has 8 heteroatoms. The van der Waals surface area contributed by atoms with E-state index in [0.717, 1.165) is 33.9 Å². The van der Waals surface area contributed by atoms with Gasteiger partial charge in [-0.1, -0.05) is 12.1 Å². The van der Waals surface area contributed by atoms with Crippen molar-refractivity contribution in [1.29, 1.82) is 0 Å². The van der Waals surface area contributed by atoms with E-state index in [2.05, 4.69) is 20.7 Å². The van der Waals surface area contributed by atoms with E-state index in [1.807, 2.05) is 49.6 Å². The molecule has 0 bridgehead atoms. The van der Waals surface area contributed by atoms with Gasteiger partial charge in [0.1, 0.15) is 0 Å². The Labute approximate surface area is 185 Å². The average molecular weight is 431 g/mol. The first-order chi connectivity index (χ1) is 15.4. The second-order valence-electron chi connectivity index (χ2n) is 7.73. The number of amides is 2. The summed E-state index contributed by atoms with van der Waals surface area (Å²) in [5.74, 6) is -0.127. The Hall–Kier alpha value is -3.94. The molecule has 2 N–H and O–H groups in total. The van der Waals surface area contributed by atoms with Crippen LogP contribution in [0.2, 0.25) is 0 Å². The van der Waals surface area contributed by atoms with Crippen molar-refractivity contribution < 1.29 is 14.0 Å². The largest absolute Gasteiger partial charge is 0.459 e. The van der Waals surface area contributed by atoms with Crippen LogP contribution in [0, 0.1) is 20.8 Å². The summed E-state index contributed by atoms with van der Waals surface area (Å²) in [6, 6.07) is 12.6. The predicted molar refractivity (Wildman–Crippen MR) is 120 cm³/mol.